The largest absolute Gasteiger partial charge is 0.492 e. The van der Waals surface area contributed by atoms with E-state index in [0.717, 1.165) is 19.3 Å². The molecule has 23 heavy (non-hydrogen) atoms. The molecule has 0 aliphatic rings. The lowest BCUT2D eigenvalue weighted by molar-refractivity contribution is -0.386. The lowest BCUT2D eigenvalue weighted by atomic mass is 10.1. The summed E-state index contributed by atoms with van der Waals surface area (Å²) in [5.41, 5.74) is -0.144. The third kappa shape index (κ3) is 5.27. The molecule has 1 rings (SSSR count). The van der Waals surface area contributed by atoms with E-state index in [4.69, 9.17) is 14.2 Å². The van der Waals surface area contributed by atoms with Crippen molar-refractivity contribution in [1.29, 1.82) is 0 Å². The van der Waals surface area contributed by atoms with Crippen LogP contribution in [0.4, 0.5) is 5.69 Å². The number of benzene rings is 1. The van der Waals surface area contributed by atoms with Gasteiger partial charge in [0.05, 0.1) is 29.7 Å². The van der Waals surface area contributed by atoms with Gasteiger partial charge < -0.3 is 14.2 Å². The molecule has 0 fully saturated rings. The average Bonchev–Trinajstić information content (AvgIpc) is 2.52. The van der Waals surface area contributed by atoms with Gasteiger partial charge in [0, 0.05) is 6.07 Å². The summed E-state index contributed by atoms with van der Waals surface area (Å²) in [4.78, 5) is 10.9. The molecule has 0 aromatic heterocycles. The van der Waals surface area contributed by atoms with Crippen LogP contribution in [0.15, 0.2) is 10.5 Å². The minimum Gasteiger partial charge on any atom is -0.492 e. The quantitative estimate of drug-likeness (QED) is 0.315. The molecule has 0 N–H and O–H groups in total. The molecule has 1 atom stereocenters. The van der Waals surface area contributed by atoms with Crippen LogP contribution in [-0.4, -0.2) is 25.2 Å². The summed E-state index contributed by atoms with van der Waals surface area (Å²) in [6.07, 6.45) is 5.19. The normalized spacial score (nSPS) is 11.9. The number of halogens is 1. The molecule has 1 aromatic rings. The maximum Gasteiger partial charge on any atom is 0.316 e. The fourth-order valence-electron chi connectivity index (χ4n) is 2.32. The Morgan fingerprint density at radius 3 is 2.35 bits per heavy atom. The Kier molecular flexibility index (Phi) is 8.16. The van der Waals surface area contributed by atoms with Crippen LogP contribution in [0.5, 0.6) is 17.2 Å². The zero-order valence-corrected chi connectivity index (χ0v) is 15.6. The minimum atomic E-state index is -0.480. The van der Waals surface area contributed by atoms with Gasteiger partial charge in [-0.25, -0.2) is 0 Å². The summed E-state index contributed by atoms with van der Waals surface area (Å²) >= 11 is 3.26. The molecule has 0 heterocycles. The van der Waals surface area contributed by atoms with E-state index in [1.165, 1.54) is 33.1 Å². The number of unbranched alkanes of at least 4 members (excludes halogenated alkanes) is 3. The highest BCUT2D eigenvalue weighted by atomic mass is 79.9. The van der Waals surface area contributed by atoms with Crippen LogP contribution in [0.2, 0.25) is 0 Å². The average molecular weight is 390 g/mol. The van der Waals surface area contributed by atoms with E-state index < -0.39 is 4.92 Å². The van der Waals surface area contributed by atoms with E-state index in [-0.39, 0.29) is 23.3 Å². The van der Waals surface area contributed by atoms with Gasteiger partial charge in [-0.2, -0.15) is 0 Å². The topological polar surface area (TPSA) is 70.8 Å². The fourth-order valence-corrected chi connectivity index (χ4v) is 2.88. The van der Waals surface area contributed by atoms with Crippen molar-refractivity contribution in [1.82, 2.24) is 0 Å². The van der Waals surface area contributed by atoms with Crippen molar-refractivity contribution in [2.45, 2.75) is 52.1 Å². The minimum absolute atomic E-state index is 0.112. The molecule has 0 radical (unpaired) electrons. The first-order valence-electron chi connectivity index (χ1n) is 7.71. The summed E-state index contributed by atoms with van der Waals surface area (Å²) in [7, 11) is 2.92. The third-order valence-corrected chi connectivity index (χ3v) is 4.10. The molecule has 0 saturated heterocycles. The van der Waals surface area contributed by atoms with E-state index in [9.17, 15) is 10.1 Å². The molecule has 0 saturated carbocycles. The molecular weight excluding hydrogens is 366 g/mol. The number of methoxy groups -OCH3 is 2. The van der Waals surface area contributed by atoms with E-state index >= 15 is 0 Å². The van der Waals surface area contributed by atoms with Gasteiger partial charge >= 0.3 is 5.69 Å². The summed E-state index contributed by atoms with van der Waals surface area (Å²) in [5.74, 6) is 0.723. The monoisotopic (exact) mass is 389 g/mol. The van der Waals surface area contributed by atoms with Gasteiger partial charge in [-0.3, -0.25) is 10.1 Å². The maximum atomic E-state index is 11.3. The van der Waals surface area contributed by atoms with Gasteiger partial charge in [0.2, 0.25) is 11.5 Å². The van der Waals surface area contributed by atoms with Crippen LogP contribution in [0.3, 0.4) is 0 Å². The van der Waals surface area contributed by atoms with Gasteiger partial charge in [0.25, 0.3) is 0 Å². The summed E-state index contributed by atoms with van der Waals surface area (Å²) in [6, 6.07) is 1.38. The number of nitro groups is 1. The zero-order chi connectivity index (χ0) is 17.4. The lowest BCUT2D eigenvalue weighted by Gasteiger charge is -2.19. The molecule has 1 aromatic carbocycles. The summed E-state index contributed by atoms with van der Waals surface area (Å²) < 4.78 is 16.9. The zero-order valence-electron chi connectivity index (χ0n) is 14.1. The van der Waals surface area contributed by atoms with Crippen molar-refractivity contribution >= 4 is 21.6 Å². The van der Waals surface area contributed by atoms with Crippen LogP contribution in [0, 0.1) is 10.1 Å². The summed E-state index contributed by atoms with van der Waals surface area (Å²) in [6.45, 7) is 4.06. The third-order valence-electron chi connectivity index (χ3n) is 3.51. The molecule has 7 heteroatoms. The number of ether oxygens (including phenoxy) is 3. The van der Waals surface area contributed by atoms with Crippen molar-refractivity contribution in [3.8, 4) is 17.2 Å². The highest BCUT2D eigenvalue weighted by Gasteiger charge is 2.28. The SMILES string of the molecule is CCCCCCC(C)Oc1c([N+](=O)[O-])cc(Br)c(OC)c1OC. The number of hydrogen-bond acceptors (Lipinski definition) is 5. The summed E-state index contributed by atoms with van der Waals surface area (Å²) in [5, 5.41) is 11.3. The van der Waals surface area contributed by atoms with Gasteiger partial charge in [-0.1, -0.05) is 26.2 Å². The molecule has 0 aliphatic heterocycles. The highest BCUT2D eigenvalue weighted by Crippen LogP contribution is 2.48. The van der Waals surface area contributed by atoms with Crippen LogP contribution in [0.1, 0.15) is 46.0 Å². The van der Waals surface area contributed by atoms with E-state index in [0.29, 0.717) is 10.2 Å². The second-order valence-corrected chi connectivity index (χ2v) is 6.16. The number of nitrogens with zero attached hydrogens (tertiary/aromatic N) is 1. The number of rotatable bonds is 10. The predicted octanol–water partition coefficient (Wildman–Crippen LogP) is 5.11. The first-order chi connectivity index (χ1) is 11.0. The lowest BCUT2D eigenvalue weighted by Crippen LogP contribution is -2.14. The second kappa shape index (κ2) is 9.60. The molecule has 1 unspecified atom stereocenters. The molecule has 0 amide bonds. The highest BCUT2D eigenvalue weighted by molar-refractivity contribution is 9.10. The van der Waals surface area contributed by atoms with Crippen molar-refractivity contribution < 1.29 is 19.1 Å². The molecule has 0 spiro atoms. The van der Waals surface area contributed by atoms with Crippen LogP contribution in [0.25, 0.3) is 0 Å². The van der Waals surface area contributed by atoms with Gasteiger partial charge in [-0.05, 0) is 35.7 Å². The van der Waals surface area contributed by atoms with Crippen molar-refractivity contribution in [2.24, 2.45) is 0 Å². The Morgan fingerprint density at radius 2 is 1.83 bits per heavy atom. The van der Waals surface area contributed by atoms with Gasteiger partial charge in [0.1, 0.15) is 0 Å². The molecule has 0 bridgehead atoms. The van der Waals surface area contributed by atoms with Gasteiger partial charge in [-0.15, -0.1) is 0 Å². The Balaban J connectivity index is 3.04. The van der Waals surface area contributed by atoms with Crippen molar-refractivity contribution in [2.75, 3.05) is 14.2 Å². The van der Waals surface area contributed by atoms with E-state index in [1.807, 2.05) is 6.92 Å². The smallest absolute Gasteiger partial charge is 0.316 e. The Hall–Kier alpha value is -1.50. The van der Waals surface area contributed by atoms with E-state index in [1.54, 1.807) is 0 Å². The van der Waals surface area contributed by atoms with Gasteiger partial charge in [0.15, 0.2) is 5.75 Å². The molecule has 6 nitrogen and oxygen atoms in total. The number of nitro benzene ring substituents is 1. The van der Waals surface area contributed by atoms with Crippen LogP contribution < -0.4 is 14.2 Å². The maximum absolute atomic E-state index is 11.3. The Bertz CT molecular complexity index is 536. The first kappa shape index (κ1) is 19.5. The second-order valence-electron chi connectivity index (χ2n) is 5.31. The van der Waals surface area contributed by atoms with Crippen molar-refractivity contribution in [3.63, 3.8) is 0 Å². The van der Waals surface area contributed by atoms with Crippen molar-refractivity contribution in [3.05, 3.63) is 20.7 Å². The predicted molar refractivity (Wildman–Crippen MR) is 92.7 cm³/mol. The van der Waals surface area contributed by atoms with Crippen LogP contribution >= 0.6 is 15.9 Å². The molecule has 0 aliphatic carbocycles. The standard InChI is InChI=1S/C16H24BrNO5/c1-5-6-7-8-9-11(2)23-15-13(18(19)20)10-12(17)14(21-3)16(15)22-4/h10-11H,5-9H2,1-4H3. The Morgan fingerprint density at radius 1 is 1.17 bits per heavy atom. The fraction of sp³-hybridized carbons (Fsp3) is 0.625. The molecular formula is C16H24BrNO5. The van der Waals surface area contributed by atoms with E-state index in [2.05, 4.69) is 22.9 Å². The molecule has 130 valence electrons. The first-order valence-corrected chi connectivity index (χ1v) is 8.51. The Labute approximate surface area is 145 Å². The number of hydrogen-bond donors (Lipinski definition) is 0. The van der Waals surface area contributed by atoms with Crippen LogP contribution in [-0.2, 0) is 0 Å².